The van der Waals surface area contributed by atoms with Crippen LogP contribution in [-0.2, 0) is 13.1 Å². The van der Waals surface area contributed by atoms with Crippen molar-refractivity contribution in [2.45, 2.75) is 39.4 Å². The molecule has 1 unspecified atom stereocenters. The van der Waals surface area contributed by atoms with Crippen molar-refractivity contribution in [2.24, 2.45) is 0 Å². The maximum Gasteiger partial charge on any atom is 0.165 e. The highest BCUT2D eigenvalue weighted by atomic mass is 16.5. The zero-order chi connectivity index (χ0) is 22.4. The van der Waals surface area contributed by atoms with Crippen molar-refractivity contribution >= 4 is 0 Å². The van der Waals surface area contributed by atoms with Crippen LogP contribution in [0.5, 0.6) is 17.2 Å². The first-order valence-corrected chi connectivity index (χ1v) is 10.9. The minimum absolute atomic E-state index is 0.193. The Labute approximate surface area is 186 Å². The van der Waals surface area contributed by atoms with Gasteiger partial charge >= 0.3 is 0 Å². The van der Waals surface area contributed by atoms with E-state index in [-0.39, 0.29) is 6.61 Å². The lowest BCUT2D eigenvalue weighted by Gasteiger charge is -2.42. The van der Waals surface area contributed by atoms with Crippen molar-refractivity contribution in [3.05, 3.63) is 52.6 Å². The van der Waals surface area contributed by atoms with Crippen LogP contribution in [0, 0.1) is 13.8 Å². The first-order chi connectivity index (χ1) is 15.0. The molecule has 0 spiro atoms. The third-order valence-corrected chi connectivity index (χ3v) is 6.47. The zero-order valence-corrected chi connectivity index (χ0v) is 19.5. The van der Waals surface area contributed by atoms with Crippen LogP contribution in [0.1, 0.15) is 28.7 Å². The van der Waals surface area contributed by atoms with E-state index >= 15 is 0 Å². The maximum atomic E-state index is 9.70. The van der Waals surface area contributed by atoms with Gasteiger partial charge in [0.25, 0.3) is 0 Å². The highest BCUT2D eigenvalue weighted by molar-refractivity contribution is 5.46. The van der Waals surface area contributed by atoms with Crippen molar-refractivity contribution < 1.29 is 19.3 Å². The summed E-state index contributed by atoms with van der Waals surface area (Å²) in [4.78, 5) is 4.95. The number of methoxy groups -OCH3 is 3. The van der Waals surface area contributed by atoms with Crippen molar-refractivity contribution in [1.82, 2.24) is 9.80 Å². The Bertz CT molecular complexity index is 871. The maximum absolute atomic E-state index is 9.70. The monoisotopic (exact) mass is 428 g/mol. The normalized spacial score (nSPS) is 17.5. The molecule has 2 aromatic rings. The molecule has 0 saturated carbocycles. The molecule has 6 heteroatoms. The lowest BCUT2D eigenvalue weighted by molar-refractivity contribution is 0.0494. The van der Waals surface area contributed by atoms with E-state index in [0.29, 0.717) is 6.04 Å². The largest absolute Gasteiger partial charge is 0.496 e. The van der Waals surface area contributed by atoms with E-state index in [4.69, 9.17) is 14.2 Å². The molecule has 0 bridgehead atoms. The minimum atomic E-state index is 0.193. The fourth-order valence-electron chi connectivity index (χ4n) is 4.51. The SMILES string of the molecule is COc1ccc(CN2CCN(Cc3cccc(OC)c3OC)CC2CCO)c(C)c1C. The minimum Gasteiger partial charge on any atom is -0.496 e. The fraction of sp³-hybridized carbons (Fsp3) is 0.520. The predicted octanol–water partition coefficient (Wildman–Crippen LogP) is 3.40. The van der Waals surface area contributed by atoms with Crippen LogP contribution in [0.3, 0.4) is 0 Å². The Morgan fingerprint density at radius 3 is 2.32 bits per heavy atom. The van der Waals surface area contributed by atoms with Crippen LogP contribution in [0.2, 0.25) is 0 Å². The lowest BCUT2D eigenvalue weighted by atomic mass is 10.00. The van der Waals surface area contributed by atoms with Crippen LogP contribution in [0.15, 0.2) is 30.3 Å². The summed E-state index contributed by atoms with van der Waals surface area (Å²) in [6, 6.07) is 10.6. The van der Waals surface area contributed by atoms with Crippen LogP contribution in [-0.4, -0.2) is 68.5 Å². The van der Waals surface area contributed by atoms with Gasteiger partial charge in [-0.25, -0.2) is 0 Å². The highest BCUT2D eigenvalue weighted by Gasteiger charge is 2.28. The van der Waals surface area contributed by atoms with Crippen LogP contribution >= 0.6 is 0 Å². The molecular weight excluding hydrogens is 392 g/mol. The van der Waals surface area contributed by atoms with Crippen LogP contribution in [0.4, 0.5) is 0 Å². The molecule has 1 aliphatic heterocycles. The zero-order valence-electron chi connectivity index (χ0n) is 19.5. The van der Waals surface area contributed by atoms with Gasteiger partial charge in [-0.15, -0.1) is 0 Å². The number of aliphatic hydroxyl groups excluding tert-OH is 1. The number of hydrogen-bond acceptors (Lipinski definition) is 6. The van der Waals surface area contributed by atoms with Gasteiger partial charge in [0.2, 0.25) is 0 Å². The number of aliphatic hydroxyl groups is 1. The van der Waals surface area contributed by atoms with Gasteiger partial charge in [0.1, 0.15) is 5.75 Å². The third kappa shape index (κ3) is 5.32. The molecule has 1 aliphatic rings. The third-order valence-electron chi connectivity index (χ3n) is 6.47. The Kier molecular flexibility index (Phi) is 8.18. The van der Waals surface area contributed by atoms with E-state index in [2.05, 4.69) is 41.8 Å². The van der Waals surface area contributed by atoms with Gasteiger partial charge in [0.05, 0.1) is 21.3 Å². The molecule has 170 valence electrons. The number of benzene rings is 2. The summed E-state index contributed by atoms with van der Waals surface area (Å²) in [7, 11) is 5.07. The fourth-order valence-corrected chi connectivity index (χ4v) is 4.51. The molecule has 31 heavy (non-hydrogen) atoms. The Morgan fingerprint density at radius 2 is 1.65 bits per heavy atom. The van der Waals surface area contributed by atoms with Crippen LogP contribution in [0.25, 0.3) is 0 Å². The quantitative estimate of drug-likeness (QED) is 0.661. The van der Waals surface area contributed by atoms with Crippen molar-refractivity contribution in [2.75, 3.05) is 47.6 Å². The van der Waals surface area contributed by atoms with Crippen LogP contribution < -0.4 is 14.2 Å². The number of hydrogen-bond donors (Lipinski definition) is 1. The summed E-state index contributed by atoms with van der Waals surface area (Å²) < 4.78 is 16.5. The smallest absolute Gasteiger partial charge is 0.165 e. The highest BCUT2D eigenvalue weighted by Crippen LogP contribution is 2.32. The van der Waals surface area contributed by atoms with Gasteiger partial charge in [0, 0.05) is 50.9 Å². The molecule has 0 aromatic heterocycles. The molecular formula is C25H36N2O4. The summed E-state index contributed by atoms with van der Waals surface area (Å²) in [6.45, 7) is 9.00. The van der Waals surface area contributed by atoms with E-state index < -0.39 is 0 Å². The van der Waals surface area contributed by atoms with E-state index in [1.54, 1.807) is 21.3 Å². The summed E-state index contributed by atoms with van der Waals surface area (Å²) in [5, 5.41) is 9.70. The molecule has 0 radical (unpaired) electrons. The van der Waals surface area contributed by atoms with E-state index in [1.165, 1.54) is 16.7 Å². The second kappa shape index (κ2) is 10.8. The first kappa shape index (κ1) is 23.4. The molecule has 0 amide bonds. The number of rotatable bonds is 9. The van der Waals surface area contributed by atoms with Gasteiger partial charge in [-0.05, 0) is 49.1 Å². The van der Waals surface area contributed by atoms with Gasteiger partial charge in [-0.3, -0.25) is 9.80 Å². The molecule has 6 nitrogen and oxygen atoms in total. The van der Waals surface area contributed by atoms with Gasteiger partial charge in [-0.2, -0.15) is 0 Å². The summed E-state index contributed by atoms with van der Waals surface area (Å²) in [6.07, 6.45) is 0.764. The molecule has 0 aliphatic carbocycles. The number of piperazine rings is 1. The topological polar surface area (TPSA) is 54.4 Å². The molecule has 2 aromatic carbocycles. The summed E-state index contributed by atoms with van der Waals surface area (Å²) in [5.41, 5.74) is 4.93. The average Bonchev–Trinajstić information content (AvgIpc) is 2.78. The first-order valence-electron chi connectivity index (χ1n) is 10.9. The molecule has 1 N–H and O–H groups in total. The molecule has 1 atom stereocenters. The summed E-state index contributed by atoms with van der Waals surface area (Å²) >= 11 is 0. The molecule has 1 heterocycles. The lowest BCUT2D eigenvalue weighted by Crippen LogP contribution is -2.52. The summed E-state index contributed by atoms with van der Waals surface area (Å²) in [5.74, 6) is 2.50. The Morgan fingerprint density at radius 1 is 0.871 bits per heavy atom. The standard InChI is InChI=1S/C25H36N2O4/c1-18-19(2)23(29-3)10-9-20(18)16-27-13-12-26(17-22(27)11-14-28)15-21-7-6-8-24(30-4)25(21)31-5/h6-10,22,28H,11-17H2,1-5H3. The molecule has 1 fully saturated rings. The van der Waals surface area contributed by atoms with E-state index in [9.17, 15) is 5.11 Å². The van der Waals surface area contributed by atoms with Gasteiger partial charge in [0.15, 0.2) is 11.5 Å². The number of nitrogens with zero attached hydrogens (tertiary/aromatic N) is 2. The van der Waals surface area contributed by atoms with Gasteiger partial charge in [-0.1, -0.05) is 18.2 Å². The second-order valence-electron chi connectivity index (χ2n) is 8.20. The number of ether oxygens (including phenoxy) is 3. The molecule has 1 saturated heterocycles. The van der Waals surface area contributed by atoms with Crippen molar-refractivity contribution in [3.8, 4) is 17.2 Å². The Hall–Kier alpha value is -2.28. The molecule has 3 rings (SSSR count). The van der Waals surface area contributed by atoms with E-state index in [0.717, 1.165) is 62.0 Å². The van der Waals surface area contributed by atoms with Crippen molar-refractivity contribution in [3.63, 3.8) is 0 Å². The predicted molar refractivity (Wildman–Crippen MR) is 123 cm³/mol. The average molecular weight is 429 g/mol. The van der Waals surface area contributed by atoms with E-state index in [1.807, 2.05) is 12.1 Å². The second-order valence-corrected chi connectivity index (χ2v) is 8.20. The van der Waals surface area contributed by atoms with Crippen molar-refractivity contribution in [1.29, 1.82) is 0 Å². The number of para-hydroxylation sites is 1. The Balaban J connectivity index is 1.72. The van der Waals surface area contributed by atoms with Gasteiger partial charge < -0.3 is 19.3 Å².